The summed E-state index contributed by atoms with van der Waals surface area (Å²) in [5.41, 5.74) is 2.12. The average molecular weight is 343 g/mol. The van der Waals surface area contributed by atoms with Crippen molar-refractivity contribution in [2.45, 2.75) is 32.0 Å². The van der Waals surface area contributed by atoms with Crippen LogP contribution in [0.15, 0.2) is 61.2 Å². The molecule has 0 aliphatic rings. The number of aliphatic hydroxyl groups is 1. The van der Waals surface area contributed by atoms with Crippen molar-refractivity contribution in [3.63, 3.8) is 0 Å². The normalized spacial score (nSPS) is 12.2. The van der Waals surface area contributed by atoms with Gasteiger partial charge in [-0.3, -0.25) is 4.90 Å². The average Bonchev–Trinajstić information content (AvgIpc) is 2.62. The van der Waals surface area contributed by atoms with Gasteiger partial charge in [0, 0.05) is 19.6 Å². The van der Waals surface area contributed by atoms with Crippen LogP contribution in [0.1, 0.15) is 24.0 Å². The molecule has 134 valence electrons. The highest BCUT2D eigenvalue weighted by atomic mass is 19.1. The Labute approximate surface area is 149 Å². The number of benzene rings is 2. The zero-order valence-electron chi connectivity index (χ0n) is 14.7. The molecule has 0 aromatic heterocycles. The molecule has 0 aliphatic carbocycles. The monoisotopic (exact) mass is 343 g/mol. The highest BCUT2D eigenvalue weighted by Crippen LogP contribution is 2.17. The Kier molecular flexibility index (Phi) is 7.64. The van der Waals surface area contributed by atoms with Crippen LogP contribution in [0.2, 0.25) is 0 Å². The molecule has 4 heteroatoms. The number of allylic oxidation sites excluding steroid dienone is 1. The molecule has 0 bridgehead atoms. The van der Waals surface area contributed by atoms with Crippen LogP contribution in [0.4, 0.5) is 4.39 Å². The molecule has 0 saturated heterocycles. The van der Waals surface area contributed by atoms with E-state index in [1.807, 2.05) is 30.3 Å². The van der Waals surface area contributed by atoms with Crippen molar-refractivity contribution >= 4 is 0 Å². The van der Waals surface area contributed by atoms with Gasteiger partial charge >= 0.3 is 0 Å². The van der Waals surface area contributed by atoms with Gasteiger partial charge in [-0.1, -0.05) is 30.3 Å². The van der Waals surface area contributed by atoms with Gasteiger partial charge in [0.15, 0.2) is 0 Å². The minimum Gasteiger partial charge on any atom is -0.497 e. The number of nitrogens with zero attached hydrogens (tertiary/aromatic N) is 1. The summed E-state index contributed by atoms with van der Waals surface area (Å²) in [5.74, 6) is 0.570. The molecular weight excluding hydrogens is 317 g/mol. The van der Waals surface area contributed by atoms with Crippen molar-refractivity contribution in [1.29, 1.82) is 0 Å². The minimum atomic E-state index is -0.427. The molecule has 0 fully saturated rings. The number of ether oxygens (including phenoxy) is 1. The van der Waals surface area contributed by atoms with Gasteiger partial charge in [-0.25, -0.2) is 4.39 Å². The van der Waals surface area contributed by atoms with E-state index in [0.717, 1.165) is 23.3 Å². The standard InChI is InChI=1S/C21H26FNO2/c1-3-4-7-20(24)16-23(14-17-9-11-19(22)12-10-17)15-18-6-5-8-21(13-18)25-2/h3,5-6,8-13,20,24H,1,4,7,14-16H2,2H3/t20-/m1/s1. The molecule has 0 aliphatic heterocycles. The van der Waals surface area contributed by atoms with Crippen LogP contribution >= 0.6 is 0 Å². The van der Waals surface area contributed by atoms with Crippen molar-refractivity contribution < 1.29 is 14.2 Å². The van der Waals surface area contributed by atoms with E-state index in [-0.39, 0.29) is 5.82 Å². The van der Waals surface area contributed by atoms with Gasteiger partial charge < -0.3 is 9.84 Å². The van der Waals surface area contributed by atoms with Crippen LogP contribution in [0.25, 0.3) is 0 Å². The number of aliphatic hydroxyl groups excluding tert-OH is 1. The Bertz CT molecular complexity index is 657. The molecule has 0 radical (unpaired) electrons. The summed E-state index contributed by atoms with van der Waals surface area (Å²) in [5, 5.41) is 10.3. The number of methoxy groups -OCH3 is 1. The fraction of sp³-hybridized carbons (Fsp3) is 0.333. The first kappa shape index (κ1) is 19.2. The van der Waals surface area contributed by atoms with Crippen LogP contribution in [0.3, 0.4) is 0 Å². The Balaban J connectivity index is 2.09. The van der Waals surface area contributed by atoms with E-state index >= 15 is 0 Å². The number of rotatable bonds is 10. The van der Waals surface area contributed by atoms with E-state index < -0.39 is 6.10 Å². The molecule has 3 nitrogen and oxygen atoms in total. The Morgan fingerprint density at radius 3 is 2.56 bits per heavy atom. The van der Waals surface area contributed by atoms with Gasteiger partial charge in [0.25, 0.3) is 0 Å². The van der Waals surface area contributed by atoms with E-state index in [2.05, 4.69) is 11.5 Å². The van der Waals surface area contributed by atoms with E-state index in [1.54, 1.807) is 19.2 Å². The van der Waals surface area contributed by atoms with Crippen LogP contribution in [-0.4, -0.2) is 29.8 Å². The summed E-state index contributed by atoms with van der Waals surface area (Å²) in [4.78, 5) is 2.16. The molecule has 2 aromatic carbocycles. The second kappa shape index (κ2) is 9.97. The van der Waals surface area contributed by atoms with Crippen molar-refractivity contribution in [1.82, 2.24) is 4.90 Å². The molecule has 1 atom stereocenters. The molecule has 0 amide bonds. The number of halogens is 1. The fourth-order valence-corrected chi connectivity index (χ4v) is 2.76. The Hall–Kier alpha value is -2.17. The topological polar surface area (TPSA) is 32.7 Å². The smallest absolute Gasteiger partial charge is 0.123 e. The molecule has 0 unspecified atom stereocenters. The molecule has 0 saturated carbocycles. The van der Waals surface area contributed by atoms with E-state index in [9.17, 15) is 9.50 Å². The summed E-state index contributed by atoms with van der Waals surface area (Å²) in [6.45, 7) is 5.57. The lowest BCUT2D eigenvalue weighted by molar-refractivity contribution is 0.0983. The maximum Gasteiger partial charge on any atom is 0.123 e. The highest BCUT2D eigenvalue weighted by Gasteiger charge is 2.13. The maximum absolute atomic E-state index is 13.1. The fourth-order valence-electron chi connectivity index (χ4n) is 2.76. The third-order valence-electron chi connectivity index (χ3n) is 4.03. The second-order valence-corrected chi connectivity index (χ2v) is 6.17. The van der Waals surface area contributed by atoms with Crippen molar-refractivity contribution in [3.05, 3.63) is 78.1 Å². The number of hydrogen-bond acceptors (Lipinski definition) is 3. The molecule has 2 aromatic rings. The highest BCUT2D eigenvalue weighted by molar-refractivity contribution is 5.28. The molecule has 25 heavy (non-hydrogen) atoms. The van der Waals surface area contributed by atoms with Crippen LogP contribution in [-0.2, 0) is 13.1 Å². The van der Waals surface area contributed by atoms with E-state index in [1.165, 1.54) is 12.1 Å². The molecule has 0 spiro atoms. The van der Waals surface area contributed by atoms with Crippen LogP contribution in [0.5, 0.6) is 5.75 Å². The first-order valence-corrected chi connectivity index (χ1v) is 8.49. The largest absolute Gasteiger partial charge is 0.497 e. The van der Waals surface area contributed by atoms with Crippen LogP contribution in [0, 0.1) is 5.82 Å². The first-order chi connectivity index (χ1) is 12.1. The SMILES string of the molecule is C=CCC[C@@H](O)CN(Cc1ccc(F)cc1)Cc1cccc(OC)c1. The van der Waals surface area contributed by atoms with Crippen molar-refractivity contribution in [3.8, 4) is 5.75 Å². The zero-order chi connectivity index (χ0) is 18.1. The van der Waals surface area contributed by atoms with E-state index in [0.29, 0.717) is 26.1 Å². The minimum absolute atomic E-state index is 0.242. The predicted octanol–water partition coefficient (Wildman–Crippen LogP) is 4.16. The molecule has 1 N–H and O–H groups in total. The van der Waals surface area contributed by atoms with Gasteiger partial charge in [0.1, 0.15) is 11.6 Å². The van der Waals surface area contributed by atoms with Crippen LogP contribution < -0.4 is 4.74 Å². The third-order valence-corrected chi connectivity index (χ3v) is 4.03. The lowest BCUT2D eigenvalue weighted by Gasteiger charge is -2.25. The molecular formula is C21H26FNO2. The maximum atomic E-state index is 13.1. The summed E-state index contributed by atoms with van der Waals surface area (Å²) in [6, 6.07) is 14.4. The Morgan fingerprint density at radius 2 is 1.88 bits per heavy atom. The first-order valence-electron chi connectivity index (χ1n) is 8.49. The van der Waals surface area contributed by atoms with E-state index in [4.69, 9.17) is 4.74 Å². The molecule has 0 heterocycles. The van der Waals surface area contributed by atoms with Gasteiger partial charge in [0.05, 0.1) is 13.2 Å². The zero-order valence-corrected chi connectivity index (χ0v) is 14.7. The van der Waals surface area contributed by atoms with Gasteiger partial charge in [-0.15, -0.1) is 6.58 Å². The second-order valence-electron chi connectivity index (χ2n) is 6.17. The summed E-state index contributed by atoms with van der Waals surface area (Å²) in [6.07, 6.45) is 2.85. The number of hydrogen-bond donors (Lipinski definition) is 1. The third kappa shape index (κ3) is 6.69. The predicted molar refractivity (Wildman–Crippen MR) is 98.9 cm³/mol. The van der Waals surface area contributed by atoms with Gasteiger partial charge in [-0.2, -0.15) is 0 Å². The molecule has 2 rings (SSSR count). The summed E-state index contributed by atoms with van der Waals surface area (Å²) >= 11 is 0. The van der Waals surface area contributed by atoms with Gasteiger partial charge in [0.2, 0.25) is 0 Å². The summed E-state index contributed by atoms with van der Waals surface area (Å²) < 4.78 is 18.4. The van der Waals surface area contributed by atoms with Gasteiger partial charge in [-0.05, 0) is 48.2 Å². The quantitative estimate of drug-likeness (QED) is 0.658. The summed E-state index contributed by atoms with van der Waals surface area (Å²) in [7, 11) is 1.65. The lowest BCUT2D eigenvalue weighted by atomic mass is 10.1. The van der Waals surface area contributed by atoms with Crippen molar-refractivity contribution in [2.24, 2.45) is 0 Å². The van der Waals surface area contributed by atoms with Crippen molar-refractivity contribution in [2.75, 3.05) is 13.7 Å². The Morgan fingerprint density at radius 1 is 1.16 bits per heavy atom. The lowest BCUT2D eigenvalue weighted by Crippen LogP contribution is -2.31.